The average Bonchev–Trinajstić information content (AvgIpc) is 2.90. The van der Waals surface area contributed by atoms with Crippen LogP contribution >= 0.6 is 0 Å². The standard InChI is InChI=1S/C31H38N4O2/c1-22(2)25-9-11-26(12-10-25)33-31(37)34-27-13-14-29(35-19-16-23(3)17-20-35)28(21-27)30(36)32-18-15-24-7-5-4-6-8-24/h4-14,21-23H,15-20H2,1-3H3,(H,32,36)(H2,33,34,37). The van der Waals surface area contributed by atoms with Gasteiger partial charge in [-0.15, -0.1) is 0 Å². The van der Waals surface area contributed by atoms with Crippen LogP contribution in [0.3, 0.4) is 0 Å². The molecule has 194 valence electrons. The Labute approximate surface area is 220 Å². The summed E-state index contributed by atoms with van der Waals surface area (Å²) in [7, 11) is 0. The van der Waals surface area contributed by atoms with Gasteiger partial charge in [-0.1, -0.05) is 63.2 Å². The first-order chi connectivity index (χ1) is 17.9. The number of urea groups is 1. The molecular weight excluding hydrogens is 460 g/mol. The molecule has 0 atom stereocenters. The van der Waals surface area contributed by atoms with Gasteiger partial charge in [0.2, 0.25) is 0 Å². The predicted molar refractivity (Wildman–Crippen MR) is 153 cm³/mol. The Morgan fingerprint density at radius 3 is 2.22 bits per heavy atom. The van der Waals surface area contributed by atoms with Crippen molar-refractivity contribution in [1.29, 1.82) is 0 Å². The first-order valence-corrected chi connectivity index (χ1v) is 13.3. The predicted octanol–water partition coefficient (Wildman–Crippen LogP) is 6.66. The Balaban J connectivity index is 1.46. The van der Waals surface area contributed by atoms with Crippen molar-refractivity contribution >= 4 is 29.0 Å². The van der Waals surface area contributed by atoms with E-state index in [1.807, 2.05) is 54.6 Å². The smallest absolute Gasteiger partial charge is 0.323 e. The van der Waals surface area contributed by atoms with E-state index in [2.05, 4.69) is 53.8 Å². The van der Waals surface area contributed by atoms with E-state index < -0.39 is 0 Å². The number of benzene rings is 3. The Morgan fingerprint density at radius 1 is 0.892 bits per heavy atom. The van der Waals surface area contributed by atoms with Crippen LogP contribution in [-0.4, -0.2) is 31.6 Å². The second-order valence-electron chi connectivity index (χ2n) is 10.2. The van der Waals surface area contributed by atoms with Crippen LogP contribution in [0.4, 0.5) is 21.9 Å². The van der Waals surface area contributed by atoms with Gasteiger partial charge in [0.05, 0.1) is 5.56 Å². The van der Waals surface area contributed by atoms with E-state index >= 15 is 0 Å². The summed E-state index contributed by atoms with van der Waals surface area (Å²) in [4.78, 5) is 28.3. The second kappa shape index (κ2) is 12.4. The van der Waals surface area contributed by atoms with Gasteiger partial charge < -0.3 is 20.9 Å². The SMILES string of the molecule is CC1CCN(c2ccc(NC(=O)Nc3ccc(C(C)C)cc3)cc2C(=O)NCCc2ccccc2)CC1. The van der Waals surface area contributed by atoms with Crippen molar-refractivity contribution in [3.05, 3.63) is 89.5 Å². The summed E-state index contributed by atoms with van der Waals surface area (Å²) in [6, 6.07) is 23.2. The molecule has 0 bridgehead atoms. The van der Waals surface area contributed by atoms with E-state index in [-0.39, 0.29) is 11.9 Å². The maximum absolute atomic E-state index is 13.3. The van der Waals surface area contributed by atoms with Crippen LogP contribution in [-0.2, 0) is 6.42 Å². The molecule has 0 saturated carbocycles. The highest BCUT2D eigenvalue weighted by Gasteiger charge is 2.22. The fourth-order valence-electron chi connectivity index (χ4n) is 4.63. The zero-order chi connectivity index (χ0) is 26.2. The van der Waals surface area contributed by atoms with E-state index in [4.69, 9.17) is 0 Å². The van der Waals surface area contributed by atoms with Crippen molar-refractivity contribution in [2.75, 3.05) is 35.2 Å². The van der Waals surface area contributed by atoms with Gasteiger partial charge >= 0.3 is 6.03 Å². The molecule has 37 heavy (non-hydrogen) atoms. The molecule has 1 aliphatic heterocycles. The van der Waals surface area contributed by atoms with E-state index in [0.717, 1.165) is 43.7 Å². The molecule has 3 aromatic rings. The third-order valence-corrected chi connectivity index (χ3v) is 7.00. The van der Waals surface area contributed by atoms with Crippen LogP contribution < -0.4 is 20.9 Å². The summed E-state index contributed by atoms with van der Waals surface area (Å²) in [6.07, 6.45) is 2.97. The molecule has 0 radical (unpaired) electrons. The topological polar surface area (TPSA) is 73.5 Å². The van der Waals surface area contributed by atoms with Gasteiger partial charge in [-0.25, -0.2) is 4.79 Å². The molecule has 3 N–H and O–H groups in total. The normalized spacial score (nSPS) is 13.9. The highest BCUT2D eigenvalue weighted by atomic mass is 16.2. The van der Waals surface area contributed by atoms with Gasteiger partial charge in [0.15, 0.2) is 0 Å². The lowest BCUT2D eigenvalue weighted by Gasteiger charge is -2.33. The molecule has 1 heterocycles. The molecule has 3 aromatic carbocycles. The highest BCUT2D eigenvalue weighted by molar-refractivity contribution is 6.04. The fourth-order valence-corrected chi connectivity index (χ4v) is 4.63. The maximum atomic E-state index is 13.3. The number of hydrogen-bond donors (Lipinski definition) is 3. The van der Waals surface area contributed by atoms with E-state index in [9.17, 15) is 9.59 Å². The van der Waals surface area contributed by atoms with Crippen molar-refractivity contribution in [3.63, 3.8) is 0 Å². The first kappa shape index (κ1) is 26.3. The molecule has 6 heteroatoms. The molecule has 4 rings (SSSR count). The van der Waals surface area contributed by atoms with Crippen molar-refractivity contribution in [2.45, 2.75) is 46.0 Å². The van der Waals surface area contributed by atoms with E-state index in [1.165, 1.54) is 11.1 Å². The molecular formula is C31H38N4O2. The van der Waals surface area contributed by atoms with Gasteiger partial charge in [-0.2, -0.15) is 0 Å². The average molecular weight is 499 g/mol. The van der Waals surface area contributed by atoms with Crippen LogP contribution in [0.25, 0.3) is 0 Å². The number of anilines is 3. The van der Waals surface area contributed by atoms with Crippen molar-refractivity contribution in [1.82, 2.24) is 5.32 Å². The Morgan fingerprint density at radius 2 is 1.54 bits per heavy atom. The fraction of sp³-hybridized carbons (Fsp3) is 0.355. The second-order valence-corrected chi connectivity index (χ2v) is 10.2. The van der Waals surface area contributed by atoms with Crippen molar-refractivity contribution in [3.8, 4) is 0 Å². The molecule has 6 nitrogen and oxygen atoms in total. The van der Waals surface area contributed by atoms with Gasteiger partial charge in [-0.3, -0.25) is 4.79 Å². The van der Waals surface area contributed by atoms with Crippen molar-refractivity contribution in [2.24, 2.45) is 5.92 Å². The number of nitrogens with one attached hydrogen (secondary N) is 3. The van der Waals surface area contributed by atoms with Crippen LogP contribution in [0.5, 0.6) is 0 Å². The van der Waals surface area contributed by atoms with E-state index in [0.29, 0.717) is 29.6 Å². The monoisotopic (exact) mass is 498 g/mol. The molecule has 1 aliphatic rings. The van der Waals surface area contributed by atoms with E-state index in [1.54, 1.807) is 6.07 Å². The molecule has 1 saturated heterocycles. The van der Waals surface area contributed by atoms with Crippen LogP contribution in [0, 0.1) is 5.92 Å². The lowest BCUT2D eigenvalue weighted by molar-refractivity contribution is 0.0954. The molecule has 0 aromatic heterocycles. The van der Waals surface area contributed by atoms with Gasteiger partial charge in [-0.05, 0) is 72.6 Å². The lowest BCUT2D eigenvalue weighted by Crippen LogP contribution is -2.35. The Bertz CT molecular complexity index is 1180. The summed E-state index contributed by atoms with van der Waals surface area (Å²) < 4.78 is 0. The van der Waals surface area contributed by atoms with Crippen LogP contribution in [0.1, 0.15) is 61.0 Å². The number of hydrogen-bond acceptors (Lipinski definition) is 3. The summed E-state index contributed by atoms with van der Waals surface area (Å²) in [5, 5.41) is 8.85. The Kier molecular flexibility index (Phi) is 8.83. The largest absolute Gasteiger partial charge is 0.371 e. The zero-order valence-electron chi connectivity index (χ0n) is 22.1. The Hall–Kier alpha value is -3.80. The van der Waals surface area contributed by atoms with Crippen LogP contribution in [0.15, 0.2) is 72.8 Å². The first-order valence-electron chi connectivity index (χ1n) is 13.3. The number of carbonyl (C=O) groups excluding carboxylic acids is 2. The number of amides is 3. The minimum Gasteiger partial charge on any atom is -0.371 e. The minimum atomic E-state index is -0.340. The quantitative estimate of drug-likeness (QED) is 0.325. The van der Waals surface area contributed by atoms with Gasteiger partial charge in [0.1, 0.15) is 0 Å². The third-order valence-electron chi connectivity index (χ3n) is 7.00. The molecule has 0 aliphatic carbocycles. The molecule has 0 unspecified atom stereocenters. The van der Waals surface area contributed by atoms with Gasteiger partial charge in [0, 0.05) is 36.7 Å². The number of piperidine rings is 1. The summed E-state index contributed by atoms with van der Waals surface area (Å²) in [5.41, 5.74) is 5.21. The summed E-state index contributed by atoms with van der Waals surface area (Å²) in [6.45, 7) is 8.94. The summed E-state index contributed by atoms with van der Waals surface area (Å²) >= 11 is 0. The number of carbonyl (C=O) groups is 2. The van der Waals surface area contributed by atoms with Crippen LogP contribution in [0.2, 0.25) is 0 Å². The molecule has 0 spiro atoms. The maximum Gasteiger partial charge on any atom is 0.323 e. The number of nitrogens with zero attached hydrogens (tertiary/aromatic N) is 1. The molecule has 3 amide bonds. The zero-order valence-corrected chi connectivity index (χ0v) is 22.1. The molecule has 1 fully saturated rings. The van der Waals surface area contributed by atoms with Gasteiger partial charge in [0.25, 0.3) is 5.91 Å². The lowest BCUT2D eigenvalue weighted by atomic mass is 9.97. The van der Waals surface area contributed by atoms with Crippen molar-refractivity contribution < 1.29 is 9.59 Å². The highest BCUT2D eigenvalue weighted by Crippen LogP contribution is 2.29. The minimum absolute atomic E-state index is 0.127. The number of rotatable bonds is 8. The third kappa shape index (κ3) is 7.35. The summed E-state index contributed by atoms with van der Waals surface area (Å²) in [5.74, 6) is 0.998.